The fourth-order valence-corrected chi connectivity index (χ4v) is 3.71. The van der Waals surface area contributed by atoms with E-state index in [4.69, 9.17) is 18.5 Å². The van der Waals surface area contributed by atoms with E-state index in [-0.39, 0.29) is 0 Å². The summed E-state index contributed by atoms with van der Waals surface area (Å²) in [6.45, 7) is 5.62. The minimum Gasteiger partial charge on any atom is -0.493 e. The van der Waals surface area contributed by atoms with Crippen molar-refractivity contribution in [2.75, 3.05) is 13.2 Å². The van der Waals surface area contributed by atoms with Crippen LogP contribution in [0, 0.1) is 0 Å². The molecule has 4 aromatic rings. The SMILES string of the molecule is CCCc1noc2cc(OCCCCCOc3ccc4c(CCC)noc4c3)ccc12. The number of unbranched alkanes of at least 4 members (excludes halogenated alkanes) is 2. The van der Waals surface area contributed by atoms with Crippen molar-refractivity contribution in [1.82, 2.24) is 10.3 Å². The van der Waals surface area contributed by atoms with Gasteiger partial charge in [-0.15, -0.1) is 0 Å². The van der Waals surface area contributed by atoms with Crippen molar-refractivity contribution in [2.45, 2.75) is 58.8 Å². The van der Waals surface area contributed by atoms with Gasteiger partial charge in [-0.25, -0.2) is 0 Å². The number of aryl methyl sites for hydroxylation is 2. The highest BCUT2D eigenvalue weighted by molar-refractivity contribution is 5.81. The molecule has 0 saturated carbocycles. The average molecular weight is 423 g/mol. The lowest BCUT2D eigenvalue weighted by Gasteiger charge is -2.07. The second-order valence-electron chi connectivity index (χ2n) is 7.83. The summed E-state index contributed by atoms with van der Waals surface area (Å²) in [7, 11) is 0. The smallest absolute Gasteiger partial charge is 0.170 e. The maximum absolute atomic E-state index is 5.87. The van der Waals surface area contributed by atoms with Gasteiger partial charge in [-0.2, -0.15) is 0 Å². The van der Waals surface area contributed by atoms with E-state index < -0.39 is 0 Å². The summed E-state index contributed by atoms with van der Waals surface area (Å²) >= 11 is 0. The van der Waals surface area contributed by atoms with Gasteiger partial charge in [0.25, 0.3) is 0 Å². The van der Waals surface area contributed by atoms with Crippen LogP contribution in [0.15, 0.2) is 45.4 Å². The number of hydrogen-bond acceptors (Lipinski definition) is 6. The Bertz CT molecular complexity index is 1030. The van der Waals surface area contributed by atoms with Crippen LogP contribution in [0.1, 0.15) is 57.3 Å². The molecule has 2 heterocycles. The Hall–Kier alpha value is -3.02. The van der Waals surface area contributed by atoms with E-state index in [1.54, 1.807) is 0 Å². The zero-order valence-electron chi connectivity index (χ0n) is 18.4. The monoisotopic (exact) mass is 422 g/mol. The van der Waals surface area contributed by atoms with Crippen molar-refractivity contribution in [3.05, 3.63) is 47.8 Å². The van der Waals surface area contributed by atoms with E-state index in [9.17, 15) is 0 Å². The first kappa shape index (κ1) is 21.2. The van der Waals surface area contributed by atoms with Gasteiger partial charge in [-0.3, -0.25) is 0 Å². The third-order valence-corrected chi connectivity index (χ3v) is 5.34. The second-order valence-corrected chi connectivity index (χ2v) is 7.83. The van der Waals surface area contributed by atoms with E-state index in [0.29, 0.717) is 13.2 Å². The fourth-order valence-electron chi connectivity index (χ4n) is 3.71. The molecule has 164 valence electrons. The van der Waals surface area contributed by atoms with Crippen LogP contribution in [-0.2, 0) is 12.8 Å². The number of fused-ring (bicyclic) bond motifs is 2. The van der Waals surface area contributed by atoms with E-state index in [1.165, 1.54) is 0 Å². The van der Waals surface area contributed by atoms with Crippen LogP contribution < -0.4 is 9.47 Å². The zero-order valence-corrected chi connectivity index (χ0v) is 18.4. The molecule has 31 heavy (non-hydrogen) atoms. The second kappa shape index (κ2) is 10.3. The number of hydrogen-bond donors (Lipinski definition) is 0. The van der Waals surface area contributed by atoms with Gasteiger partial charge in [0, 0.05) is 22.9 Å². The largest absolute Gasteiger partial charge is 0.493 e. The summed E-state index contributed by atoms with van der Waals surface area (Å²) in [4.78, 5) is 0. The Labute approximate surface area is 182 Å². The Morgan fingerprint density at radius 2 is 1.16 bits per heavy atom. The zero-order chi connectivity index (χ0) is 21.5. The van der Waals surface area contributed by atoms with Crippen LogP contribution in [0.2, 0.25) is 0 Å². The molecule has 6 heteroatoms. The topological polar surface area (TPSA) is 70.5 Å². The number of nitrogens with zero attached hydrogens (tertiary/aromatic N) is 2. The summed E-state index contributed by atoms with van der Waals surface area (Å²) in [5, 5.41) is 10.5. The summed E-state index contributed by atoms with van der Waals surface area (Å²) in [6.07, 6.45) is 6.95. The predicted molar refractivity (Wildman–Crippen MR) is 121 cm³/mol. The van der Waals surface area contributed by atoms with Gasteiger partial charge in [-0.05, 0) is 56.4 Å². The summed E-state index contributed by atoms with van der Waals surface area (Å²) in [5.74, 6) is 1.65. The molecule has 2 aromatic heterocycles. The van der Waals surface area contributed by atoms with Crippen molar-refractivity contribution in [3.8, 4) is 11.5 Å². The molecule has 0 atom stereocenters. The molecule has 0 spiro atoms. The van der Waals surface area contributed by atoms with Crippen molar-refractivity contribution >= 4 is 21.9 Å². The highest BCUT2D eigenvalue weighted by atomic mass is 16.5. The Kier molecular flexibility index (Phi) is 7.07. The maximum atomic E-state index is 5.87. The summed E-state index contributed by atoms with van der Waals surface area (Å²) in [5.41, 5.74) is 3.63. The lowest BCUT2D eigenvalue weighted by atomic mass is 10.1. The Morgan fingerprint density at radius 3 is 1.61 bits per heavy atom. The van der Waals surface area contributed by atoms with Crippen LogP contribution in [0.25, 0.3) is 21.9 Å². The highest BCUT2D eigenvalue weighted by Crippen LogP contribution is 2.26. The van der Waals surface area contributed by atoms with Gasteiger partial charge in [0.15, 0.2) is 11.2 Å². The molecule has 0 bridgehead atoms. The molecule has 0 radical (unpaired) electrons. The Balaban J connectivity index is 1.16. The minimum atomic E-state index is 0.672. The van der Waals surface area contributed by atoms with Crippen LogP contribution in [-0.4, -0.2) is 23.5 Å². The number of rotatable bonds is 12. The highest BCUT2D eigenvalue weighted by Gasteiger charge is 2.09. The molecule has 0 aliphatic rings. The first-order valence-corrected chi connectivity index (χ1v) is 11.3. The number of ether oxygens (including phenoxy) is 2. The summed E-state index contributed by atoms with van der Waals surface area (Å²) in [6, 6.07) is 11.9. The summed E-state index contributed by atoms with van der Waals surface area (Å²) < 4.78 is 22.6. The Morgan fingerprint density at radius 1 is 0.677 bits per heavy atom. The molecule has 2 aromatic carbocycles. The van der Waals surface area contributed by atoms with E-state index in [1.807, 2.05) is 36.4 Å². The lowest BCUT2D eigenvalue weighted by molar-refractivity contribution is 0.279. The van der Waals surface area contributed by atoms with E-state index in [2.05, 4.69) is 24.2 Å². The molecule has 0 fully saturated rings. The van der Waals surface area contributed by atoms with Crippen molar-refractivity contribution in [1.29, 1.82) is 0 Å². The normalized spacial score (nSPS) is 11.4. The van der Waals surface area contributed by atoms with Gasteiger partial charge in [0.2, 0.25) is 0 Å². The molecule has 0 amide bonds. The standard InChI is InChI=1S/C25H30N2O4/c1-3-8-22-20-12-10-18(16-24(20)30-26-22)28-14-6-5-7-15-29-19-11-13-21-23(9-4-2)27-31-25(21)17-19/h10-13,16-17H,3-9,14-15H2,1-2H3. The predicted octanol–water partition coefficient (Wildman–Crippen LogP) is 6.50. The first-order valence-electron chi connectivity index (χ1n) is 11.3. The molecule has 0 aliphatic carbocycles. The third kappa shape index (κ3) is 5.19. The van der Waals surface area contributed by atoms with E-state index >= 15 is 0 Å². The lowest BCUT2D eigenvalue weighted by Crippen LogP contribution is -2.01. The molecule has 0 saturated heterocycles. The first-order chi connectivity index (χ1) is 15.3. The molecule has 0 aliphatic heterocycles. The third-order valence-electron chi connectivity index (χ3n) is 5.34. The minimum absolute atomic E-state index is 0.672. The molecule has 0 N–H and O–H groups in total. The molecule has 6 nitrogen and oxygen atoms in total. The van der Waals surface area contributed by atoms with Gasteiger partial charge in [0.1, 0.15) is 11.5 Å². The maximum Gasteiger partial charge on any atom is 0.170 e. The molecule has 0 unspecified atom stereocenters. The van der Waals surface area contributed by atoms with Crippen LogP contribution in [0.5, 0.6) is 11.5 Å². The van der Waals surface area contributed by atoms with Crippen molar-refractivity contribution in [2.24, 2.45) is 0 Å². The van der Waals surface area contributed by atoms with Gasteiger partial charge in [0.05, 0.1) is 24.6 Å². The quantitative estimate of drug-likeness (QED) is 0.243. The van der Waals surface area contributed by atoms with Crippen LogP contribution in [0.4, 0.5) is 0 Å². The van der Waals surface area contributed by atoms with Crippen LogP contribution in [0.3, 0.4) is 0 Å². The van der Waals surface area contributed by atoms with Gasteiger partial charge in [-0.1, -0.05) is 37.0 Å². The average Bonchev–Trinajstić information content (AvgIpc) is 3.37. The fraction of sp³-hybridized carbons (Fsp3) is 0.440. The molecular formula is C25H30N2O4. The molecule has 4 rings (SSSR count). The van der Waals surface area contributed by atoms with Gasteiger partial charge >= 0.3 is 0 Å². The van der Waals surface area contributed by atoms with Gasteiger partial charge < -0.3 is 18.5 Å². The number of aromatic nitrogens is 2. The van der Waals surface area contributed by atoms with Crippen molar-refractivity contribution in [3.63, 3.8) is 0 Å². The van der Waals surface area contributed by atoms with E-state index in [0.717, 1.165) is 89.8 Å². The molecular weight excluding hydrogens is 392 g/mol. The van der Waals surface area contributed by atoms with Crippen molar-refractivity contribution < 1.29 is 18.5 Å². The number of benzene rings is 2. The van der Waals surface area contributed by atoms with Crippen LogP contribution >= 0.6 is 0 Å².